The summed E-state index contributed by atoms with van der Waals surface area (Å²) in [4.78, 5) is 37.2. The van der Waals surface area contributed by atoms with Crippen molar-refractivity contribution in [3.63, 3.8) is 0 Å². The fraction of sp³-hybridized carbons (Fsp3) is 0.500. The van der Waals surface area contributed by atoms with Crippen LogP contribution in [0, 0.1) is 5.92 Å². The largest absolute Gasteiger partial charge is 0.447 e. The number of carbonyl (C=O) groups is 3. The van der Waals surface area contributed by atoms with Crippen LogP contribution in [-0.2, 0) is 19.1 Å². The zero-order chi connectivity index (χ0) is 19.6. The van der Waals surface area contributed by atoms with Gasteiger partial charge in [0.2, 0.25) is 12.0 Å². The van der Waals surface area contributed by atoms with E-state index in [1.807, 2.05) is 0 Å². The molecule has 2 aliphatic rings. The van der Waals surface area contributed by atoms with Crippen molar-refractivity contribution in [1.82, 2.24) is 10.2 Å². The van der Waals surface area contributed by atoms with Crippen molar-refractivity contribution in [2.45, 2.75) is 37.6 Å². The van der Waals surface area contributed by atoms with Crippen molar-refractivity contribution >= 4 is 17.8 Å². The molecule has 3 rings (SSSR count). The average Bonchev–Trinajstić information content (AvgIpc) is 3.34. The van der Waals surface area contributed by atoms with Gasteiger partial charge in [0.05, 0.1) is 5.92 Å². The fourth-order valence-electron chi connectivity index (χ4n) is 2.92. The van der Waals surface area contributed by atoms with Crippen molar-refractivity contribution in [3.8, 4) is 0 Å². The van der Waals surface area contributed by atoms with Gasteiger partial charge in [0, 0.05) is 24.6 Å². The number of carbonyl (C=O) groups excluding carboxylic acids is 3. The molecule has 1 saturated carbocycles. The van der Waals surface area contributed by atoms with Gasteiger partial charge in [-0.3, -0.25) is 14.4 Å². The normalized spacial score (nSPS) is 21.1. The van der Waals surface area contributed by atoms with E-state index in [-0.39, 0.29) is 19.0 Å². The molecular formula is C18H19F3N2O4. The lowest BCUT2D eigenvalue weighted by Crippen LogP contribution is -2.37. The van der Waals surface area contributed by atoms with Crippen LogP contribution in [0.2, 0.25) is 0 Å². The van der Waals surface area contributed by atoms with Gasteiger partial charge >= 0.3 is 12.1 Å². The van der Waals surface area contributed by atoms with E-state index in [2.05, 4.69) is 5.32 Å². The van der Waals surface area contributed by atoms with E-state index in [9.17, 15) is 27.6 Å². The summed E-state index contributed by atoms with van der Waals surface area (Å²) in [5.74, 6) is -3.12. The summed E-state index contributed by atoms with van der Waals surface area (Å²) in [7, 11) is 0. The summed E-state index contributed by atoms with van der Waals surface area (Å²) in [5, 5.41) is 2.75. The molecular weight excluding hydrogens is 365 g/mol. The number of amides is 2. The highest BCUT2D eigenvalue weighted by atomic mass is 19.4. The molecule has 2 atom stereocenters. The van der Waals surface area contributed by atoms with Crippen LogP contribution in [0.1, 0.15) is 30.9 Å². The third kappa shape index (κ3) is 5.21. The monoisotopic (exact) mass is 384 g/mol. The third-order valence-electron chi connectivity index (χ3n) is 4.42. The molecule has 0 bridgehead atoms. The van der Waals surface area contributed by atoms with Gasteiger partial charge in [-0.25, -0.2) is 0 Å². The smallest absolute Gasteiger partial charge is 0.406 e. The second-order valence-corrected chi connectivity index (χ2v) is 6.80. The van der Waals surface area contributed by atoms with E-state index in [1.165, 1.54) is 0 Å². The molecule has 6 nitrogen and oxygen atoms in total. The van der Waals surface area contributed by atoms with Crippen molar-refractivity contribution in [2.75, 3.05) is 13.1 Å². The highest BCUT2D eigenvalue weighted by molar-refractivity contribution is 5.89. The van der Waals surface area contributed by atoms with Gasteiger partial charge in [0.1, 0.15) is 6.54 Å². The summed E-state index contributed by atoms with van der Waals surface area (Å²) < 4.78 is 42.9. The van der Waals surface area contributed by atoms with Crippen molar-refractivity contribution < 1.29 is 32.3 Å². The first-order chi connectivity index (χ1) is 12.7. The number of nitrogens with zero attached hydrogens (tertiary/aromatic N) is 1. The first kappa shape index (κ1) is 19.2. The number of halogens is 3. The Kier molecular flexibility index (Phi) is 5.38. The van der Waals surface area contributed by atoms with Crippen LogP contribution in [0.4, 0.5) is 13.2 Å². The minimum absolute atomic E-state index is 0.0535. The number of hydrogen-bond acceptors (Lipinski definition) is 4. The quantitative estimate of drug-likeness (QED) is 0.761. The molecule has 1 aromatic rings. The molecule has 1 heterocycles. The van der Waals surface area contributed by atoms with Gasteiger partial charge < -0.3 is 15.0 Å². The lowest BCUT2D eigenvalue weighted by Gasteiger charge is -2.21. The number of likely N-dealkylation sites (tertiary alicyclic amines) is 1. The predicted octanol–water partition coefficient (Wildman–Crippen LogP) is 1.96. The van der Waals surface area contributed by atoms with Crippen molar-refractivity contribution in [3.05, 3.63) is 35.9 Å². The molecule has 1 aromatic carbocycles. The number of nitrogens with one attached hydrogen (secondary N) is 1. The molecule has 2 fully saturated rings. The minimum atomic E-state index is -4.54. The van der Waals surface area contributed by atoms with Crippen LogP contribution in [0.5, 0.6) is 0 Å². The molecule has 0 radical (unpaired) electrons. The number of hydrogen-bond donors (Lipinski definition) is 1. The number of rotatable bonds is 6. The topological polar surface area (TPSA) is 75.7 Å². The molecule has 0 aromatic heterocycles. The Morgan fingerprint density at radius 3 is 2.48 bits per heavy atom. The Balaban J connectivity index is 1.67. The van der Waals surface area contributed by atoms with Crippen LogP contribution in [0.25, 0.3) is 0 Å². The van der Waals surface area contributed by atoms with Crippen LogP contribution < -0.4 is 5.32 Å². The molecule has 1 aliphatic heterocycles. The predicted molar refractivity (Wildman–Crippen MR) is 87.2 cm³/mol. The highest BCUT2D eigenvalue weighted by Gasteiger charge is 2.42. The van der Waals surface area contributed by atoms with Gasteiger partial charge in [-0.2, -0.15) is 13.2 Å². The fourth-order valence-corrected chi connectivity index (χ4v) is 2.92. The first-order valence-corrected chi connectivity index (χ1v) is 8.63. The molecule has 1 N–H and O–H groups in total. The zero-order valence-electron chi connectivity index (χ0n) is 14.4. The number of alkyl halides is 3. The lowest BCUT2D eigenvalue weighted by atomic mass is 10.1. The summed E-state index contributed by atoms with van der Waals surface area (Å²) >= 11 is 0. The second kappa shape index (κ2) is 7.58. The Morgan fingerprint density at radius 2 is 1.89 bits per heavy atom. The van der Waals surface area contributed by atoms with E-state index < -0.39 is 42.5 Å². The zero-order valence-corrected chi connectivity index (χ0v) is 14.4. The van der Waals surface area contributed by atoms with E-state index in [0.29, 0.717) is 10.5 Å². The lowest BCUT2D eigenvalue weighted by molar-refractivity contribution is -0.161. The molecule has 27 heavy (non-hydrogen) atoms. The summed E-state index contributed by atoms with van der Waals surface area (Å²) in [6.45, 7) is -1.77. The van der Waals surface area contributed by atoms with Crippen LogP contribution in [-0.4, -0.2) is 48.0 Å². The van der Waals surface area contributed by atoms with E-state index in [4.69, 9.17) is 4.74 Å². The molecule has 0 unspecified atom stereocenters. The first-order valence-electron chi connectivity index (χ1n) is 8.63. The van der Waals surface area contributed by atoms with Crippen molar-refractivity contribution in [2.24, 2.45) is 5.92 Å². The van der Waals surface area contributed by atoms with Crippen LogP contribution in [0.3, 0.4) is 0 Å². The van der Waals surface area contributed by atoms with Gasteiger partial charge in [-0.1, -0.05) is 30.3 Å². The van der Waals surface area contributed by atoms with E-state index in [1.54, 1.807) is 30.3 Å². The van der Waals surface area contributed by atoms with Gasteiger partial charge in [-0.15, -0.1) is 0 Å². The van der Waals surface area contributed by atoms with Gasteiger partial charge in [0.25, 0.3) is 5.91 Å². The van der Waals surface area contributed by atoms with Crippen LogP contribution >= 0.6 is 0 Å². The maximum absolute atomic E-state index is 12.5. The molecule has 146 valence electrons. The summed E-state index contributed by atoms with van der Waals surface area (Å²) in [5.41, 5.74) is 0.459. The molecule has 0 spiro atoms. The molecule has 2 amide bonds. The Labute approximate surface area is 153 Å². The van der Waals surface area contributed by atoms with Gasteiger partial charge in [-0.05, 0) is 12.8 Å². The Hall–Kier alpha value is -2.58. The molecule has 1 saturated heterocycles. The minimum Gasteiger partial charge on any atom is -0.447 e. The van der Waals surface area contributed by atoms with E-state index in [0.717, 1.165) is 12.8 Å². The maximum Gasteiger partial charge on any atom is 0.406 e. The Bertz CT molecular complexity index is 719. The summed E-state index contributed by atoms with van der Waals surface area (Å²) in [6.07, 6.45) is -4.40. The third-order valence-corrected chi connectivity index (χ3v) is 4.42. The second-order valence-electron chi connectivity index (χ2n) is 6.80. The number of esters is 1. The Morgan fingerprint density at radius 1 is 1.22 bits per heavy atom. The maximum atomic E-state index is 12.5. The van der Waals surface area contributed by atoms with Crippen LogP contribution in [0.15, 0.2) is 30.3 Å². The molecule has 1 aliphatic carbocycles. The van der Waals surface area contributed by atoms with E-state index >= 15 is 0 Å². The standard InChI is InChI=1S/C18H19F3N2O4/c19-18(20,21)10-23-9-12(8-14(23)24)17(26)27-15(11-4-2-1-3-5-11)16(25)22-13-6-7-13/h1-5,12-13,15H,6-10H2,(H,22,25)/t12-,15+/m1/s1. The average molecular weight is 384 g/mol. The van der Waals surface area contributed by atoms with Crippen molar-refractivity contribution in [1.29, 1.82) is 0 Å². The molecule has 9 heteroatoms. The van der Waals surface area contributed by atoms with Gasteiger partial charge in [0.15, 0.2) is 0 Å². The number of benzene rings is 1. The SMILES string of the molecule is O=C(O[C@H](C(=O)NC1CC1)c1ccccc1)[C@@H]1CC(=O)N(CC(F)(F)F)C1. The summed E-state index contributed by atoms with van der Waals surface area (Å²) in [6, 6.07) is 8.42. The number of ether oxygens (including phenoxy) is 1. The highest BCUT2D eigenvalue weighted by Crippen LogP contribution is 2.28.